The van der Waals surface area contributed by atoms with E-state index in [1.165, 1.54) is 16.7 Å². The zero-order valence-corrected chi connectivity index (χ0v) is 22.9. The Morgan fingerprint density at radius 3 is 1.65 bits per heavy atom. The van der Waals surface area contributed by atoms with Crippen LogP contribution in [0.15, 0.2) is 0 Å². The van der Waals surface area contributed by atoms with Crippen LogP contribution in [0.5, 0.6) is 0 Å². The molecule has 0 radical (unpaired) electrons. The van der Waals surface area contributed by atoms with Gasteiger partial charge in [0.2, 0.25) is 12.3 Å². The van der Waals surface area contributed by atoms with Gasteiger partial charge in [-0.1, -0.05) is 6.92 Å². The first-order chi connectivity index (χ1) is 17.4. The van der Waals surface area contributed by atoms with Crippen LogP contribution in [0, 0.1) is 0 Å². The molecule has 0 aliphatic heterocycles. The van der Waals surface area contributed by atoms with Crippen molar-refractivity contribution in [2.75, 3.05) is 63.3 Å². The fraction of sp³-hybridized carbons (Fsp3) is 0.714. The first kappa shape index (κ1) is 36.6. The first-order valence-electron chi connectivity index (χ1n) is 11.2. The van der Waals surface area contributed by atoms with Gasteiger partial charge in [0.15, 0.2) is 0 Å². The molecule has 0 aromatic heterocycles. The van der Waals surface area contributed by atoms with Crippen molar-refractivity contribution in [3.05, 3.63) is 0 Å². The number of likely N-dealkylation sites (N-methyl/N-ethyl adjacent to an activating group) is 1. The summed E-state index contributed by atoms with van der Waals surface area (Å²) in [6.45, 7) is 1.83. The monoisotopic (exact) mass is 570 g/mol. The molecule has 0 heterocycles. The molecule has 6 N–H and O–H groups in total. The number of carboxylic acids is 4. The fourth-order valence-corrected chi connectivity index (χ4v) is 3.70. The van der Waals surface area contributed by atoms with E-state index in [2.05, 4.69) is 10.6 Å². The summed E-state index contributed by atoms with van der Waals surface area (Å²) in [6, 6.07) is -1.76. The minimum absolute atomic E-state index is 0.170. The van der Waals surface area contributed by atoms with Crippen molar-refractivity contribution in [1.29, 1.82) is 0 Å². The van der Waals surface area contributed by atoms with Crippen molar-refractivity contribution in [2.45, 2.75) is 31.8 Å². The molecule has 0 bridgehead atoms. The van der Waals surface area contributed by atoms with E-state index >= 15 is 0 Å². The van der Waals surface area contributed by atoms with Crippen LogP contribution >= 0.6 is 23.5 Å². The summed E-state index contributed by atoms with van der Waals surface area (Å²) in [7, 11) is 0. The predicted molar refractivity (Wildman–Crippen MR) is 140 cm³/mol. The van der Waals surface area contributed by atoms with E-state index in [0.717, 1.165) is 5.75 Å². The lowest BCUT2D eigenvalue weighted by molar-refractivity contribution is -0.143. The maximum absolute atomic E-state index is 12.1. The summed E-state index contributed by atoms with van der Waals surface area (Å²) < 4.78 is 0. The number of aliphatic carboxylic acids is 4. The summed E-state index contributed by atoms with van der Waals surface area (Å²) in [4.78, 5) is 68.2. The zero-order chi connectivity index (χ0) is 28.8. The topological polar surface area (TPSA) is 214 Å². The van der Waals surface area contributed by atoms with Crippen LogP contribution in [-0.4, -0.2) is 142 Å². The van der Waals surface area contributed by atoms with E-state index in [1.54, 1.807) is 23.6 Å². The van der Waals surface area contributed by atoms with Gasteiger partial charge in [0.1, 0.15) is 12.1 Å². The Bertz CT molecular complexity index is 729. The lowest BCUT2D eigenvalue weighted by Crippen LogP contribution is -2.48. The van der Waals surface area contributed by atoms with Crippen LogP contribution in [0.25, 0.3) is 0 Å². The van der Waals surface area contributed by atoms with Gasteiger partial charge in [0.25, 0.3) is 0 Å². The number of hydrogen-bond donors (Lipinski definition) is 6. The standard InChI is InChI=1S/C15H27N3O7S.C6H11NO3S/c1-3-17(9-13(20)21)5-6-18(10-14(22)23)8-12(19)16-11(15(24)25)4-7-26-2;1-11-3-2-5(6(9)10)7-4-8/h11H,3-10H2,1-2H3,(H,16,19)(H,20,21)(H,22,23)(H,24,25);4-5H,2-3H2,1H3,(H,7,8)(H,9,10). The molecule has 0 rings (SSSR count). The average molecular weight is 571 g/mol. The lowest BCUT2D eigenvalue weighted by atomic mass is 10.2. The highest BCUT2D eigenvalue weighted by Crippen LogP contribution is 2.02. The van der Waals surface area contributed by atoms with Gasteiger partial charge < -0.3 is 31.1 Å². The fourth-order valence-electron chi connectivity index (χ4n) is 2.76. The van der Waals surface area contributed by atoms with Gasteiger partial charge in [-0.15, -0.1) is 0 Å². The maximum Gasteiger partial charge on any atom is 0.326 e. The number of carbonyl (C=O) groups excluding carboxylic acids is 2. The third-order valence-electron chi connectivity index (χ3n) is 4.69. The number of amides is 2. The minimum atomic E-state index is -1.14. The highest BCUT2D eigenvalue weighted by Gasteiger charge is 2.22. The Labute approximate surface area is 224 Å². The van der Waals surface area contributed by atoms with Crippen molar-refractivity contribution < 1.29 is 49.2 Å². The van der Waals surface area contributed by atoms with Crippen LogP contribution in [0.4, 0.5) is 0 Å². The second-order valence-electron chi connectivity index (χ2n) is 7.56. The second kappa shape index (κ2) is 22.6. The molecule has 2 unspecified atom stereocenters. The normalized spacial score (nSPS) is 12.1. The molecule has 2 amide bonds. The molecule has 0 aromatic rings. The lowest BCUT2D eigenvalue weighted by Gasteiger charge is -2.25. The molecular weight excluding hydrogens is 532 g/mol. The largest absolute Gasteiger partial charge is 0.480 e. The molecule has 0 saturated carbocycles. The van der Waals surface area contributed by atoms with E-state index in [1.807, 2.05) is 12.5 Å². The Morgan fingerprint density at radius 1 is 0.784 bits per heavy atom. The average Bonchev–Trinajstić information content (AvgIpc) is 2.81. The number of thioether (sulfide) groups is 2. The number of nitrogens with one attached hydrogen (secondary N) is 2. The molecule has 16 heteroatoms. The van der Waals surface area contributed by atoms with Crippen LogP contribution in [-0.2, 0) is 28.8 Å². The van der Waals surface area contributed by atoms with E-state index in [4.69, 9.17) is 20.4 Å². The predicted octanol–water partition coefficient (Wildman–Crippen LogP) is -0.959. The second-order valence-corrected chi connectivity index (χ2v) is 9.53. The summed E-state index contributed by atoms with van der Waals surface area (Å²) in [6.07, 6.45) is 4.86. The molecule has 0 aromatic carbocycles. The summed E-state index contributed by atoms with van der Waals surface area (Å²) in [5.74, 6) is -3.53. The quantitative estimate of drug-likeness (QED) is 0.0917. The molecule has 0 fully saturated rings. The van der Waals surface area contributed by atoms with Gasteiger partial charge in [-0.05, 0) is 43.4 Å². The molecular formula is C21H38N4O10S2. The van der Waals surface area contributed by atoms with Gasteiger partial charge >= 0.3 is 23.9 Å². The molecule has 0 spiro atoms. The Hall–Kier alpha value is -2.56. The SMILES string of the molecule is CCN(CCN(CC(=O)O)CC(=O)NC(CCSC)C(=O)O)CC(=O)O.CSCCC(NC=O)C(=O)O. The third kappa shape index (κ3) is 21.2. The molecule has 2 atom stereocenters. The minimum Gasteiger partial charge on any atom is -0.480 e. The van der Waals surface area contributed by atoms with Gasteiger partial charge in [0.05, 0.1) is 19.6 Å². The Balaban J connectivity index is 0. The molecule has 0 saturated heterocycles. The Kier molecular flexibility index (Phi) is 22.4. The van der Waals surface area contributed by atoms with E-state index in [9.17, 15) is 28.8 Å². The van der Waals surface area contributed by atoms with Crippen molar-refractivity contribution in [3.63, 3.8) is 0 Å². The van der Waals surface area contributed by atoms with Gasteiger partial charge in [-0.25, -0.2) is 9.59 Å². The van der Waals surface area contributed by atoms with Crippen LogP contribution in [0.1, 0.15) is 19.8 Å². The van der Waals surface area contributed by atoms with Crippen molar-refractivity contribution >= 4 is 59.7 Å². The van der Waals surface area contributed by atoms with E-state index < -0.39 is 48.4 Å². The number of rotatable bonds is 21. The van der Waals surface area contributed by atoms with Crippen molar-refractivity contribution in [1.82, 2.24) is 20.4 Å². The van der Waals surface area contributed by atoms with Gasteiger partial charge in [0, 0.05) is 13.1 Å². The van der Waals surface area contributed by atoms with Gasteiger partial charge in [-0.2, -0.15) is 23.5 Å². The summed E-state index contributed by atoms with van der Waals surface area (Å²) in [5.41, 5.74) is 0. The van der Waals surface area contributed by atoms with Crippen LogP contribution in [0.2, 0.25) is 0 Å². The molecule has 37 heavy (non-hydrogen) atoms. The maximum atomic E-state index is 12.1. The first-order valence-corrected chi connectivity index (χ1v) is 14.0. The number of carboxylic acid groups (broad SMARTS) is 4. The molecule has 0 aliphatic rings. The molecule has 214 valence electrons. The van der Waals surface area contributed by atoms with E-state index in [-0.39, 0.29) is 32.6 Å². The Morgan fingerprint density at radius 2 is 1.24 bits per heavy atom. The van der Waals surface area contributed by atoms with Gasteiger partial charge in [-0.3, -0.25) is 29.0 Å². The zero-order valence-electron chi connectivity index (χ0n) is 21.3. The van der Waals surface area contributed by atoms with Crippen LogP contribution < -0.4 is 10.6 Å². The number of carbonyl (C=O) groups is 6. The number of nitrogens with zero attached hydrogens (tertiary/aromatic N) is 2. The summed E-state index contributed by atoms with van der Waals surface area (Å²) >= 11 is 3.01. The van der Waals surface area contributed by atoms with Crippen molar-refractivity contribution in [3.8, 4) is 0 Å². The summed E-state index contributed by atoms with van der Waals surface area (Å²) in [5, 5.41) is 40.0. The van der Waals surface area contributed by atoms with E-state index in [0.29, 0.717) is 25.1 Å². The highest BCUT2D eigenvalue weighted by atomic mass is 32.2. The van der Waals surface area contributed by atoms with Crippen LogP contribution in [0.3, 0.4) is 0 Å². The smallest absolute Gasteiger partial charge is 0.326 e. The van der Waals surface area contributed by atoms with Crippen molar-refractivity contribution in [2.24, 2.45) is 0 Å². The number of hydrogen-bond acceptors (Lipinski definition) is 10. The molecule has 0 aliphatic carbocycles. The highest BCUT2D eigenvalue weighted by molar-refractivity contribution is 7.98. The third-order valence-corrected chi connectivity index (χ3v) is 5.97. The molecule has 14 nitrogen and oxygen atoms in total.